The van der Waals surface area contributed by atoms with Gasteiger partial charge in [-0.2, -0.15) is 0 Å². The van der Waals surface area contributed by atoms with Crippen LogP contribution in [0.25, 0.3) is 0 Å². The number of anilines is 1. The van der Waals surface area contributed by atoms with E-state index in [4.69, 9.17) is 5.11 Å². The van der Waals surface area contributed by atoms with Gasteiger partial charge in [-0.05, 0) is 60.8 Å². The van der Waals surface area contributed by atoms with Crippen LogP contribution in [-0.2, 0) is 21.3 Å². The largest absolute Gasteiger partial charge is 0.481 e. The summed E-state index contributed by atoms with van der Waals surface area (Å²) in [6.45, 7) is 0. The van der Waals surface area contributed by atoms with Crippen molar-refractivity contribution in [2.75, 3.05) is 11.9 Å². The van der Waals surface area contributed by atoms with Crippen molar-refractivity contribution >= 4 is 39.1 Å². The smallest absolute Gasteiger partial charge is 0.303 e. The number of carboxylic acid groups (broad SMARTS) is 1. The van der Waals surface area contributed by atoms with Crippen molar-refractivity contribution in [3.8, 4) is 0 Å². The Hall–Kier alpha value is -2.91. The van der Waals surface area contributed by atoms with E-state index in [1.165, 1.54) is 10.5 Å². The van der Waals surface area contributed by atoms with Crippen molar-refractivity contribution in [1.29, 1.82) is 0 Å². The fourth-order valence-electron chi connectivity index (χ4n) is 4.34. The standard InChI is InChI=1S/C25H27N3O4S2/c1-28(24-26-27-25(33-24)34(32)16-18-5-3-2-4-6-18)23(31)21-13-11-20(12-14-21)19-9-7-17(8-10-19)15-22(29)30/h2-6,11-14,17,19H,7-10,15-16H2,1H3,(H,29,30). The van der Waals surface area contributed by atoms with Gasteiger partial charge in [-0.15, -0.1) is 10.2 Å². The first-order chi connectivity index (χ1) is 16.4. The Labute approximate surface area is 205 Å². The van der Waals surface area contributed by atoms with Gasteiger partial charge in [0, 0.05) is 19.0 Å². The van der Waals surface area contributed by atoms with Gasteiger partial charge < -0.3 is 5.11 Å². The number of aliphatic carboxylic acids is 1. The number of benzene rings is 2. The minimum absolute atomic E-state index is 0.201. The van der Waals surface area contributed by atoms with Crippen LogP contribution < -0.4 is 4.90 Å². The van der Waals surface area contributed by atoms with Gasteiger partial charge in [-0.3, -0.25) is 18.7 Å². The fraction of sp³-hybridized carbons (Fsp3) is 0.360. The highest BCUT2D eigenvalue weighted by Crippen LogP contribution is 2.37. The molecule has 0 bridgehead atoms. The van der Waals surface area contributed by atoms with Crippen LogP contribution in [0.5, 0.6) is 0 Å². The number of hydrogen-bond acceptors (Lipinski definition) is 6. The third-order valence-electron chi connectivity index (χ3n) is 6.26. The van der Waals surface area contributed by atoms with Crippen molar-refractivity contribution in [2.45, 2.75) is 48.1 Å². The Kier molecular flexibility index (Phi) is 7.84. The first-order valence-electron chi connectivity index (χ1n) is 11.3. The number of amides is 1. The Bertz CT molecular complexity index is 1160. The fourth-order valence-corrected chi connectivity index (χ4v) is 6.40. The molecule has 9 heteroatoms. The zero-order valence-electron chi connectivity index (χ0n) is 18.9. The van der Waals surface area contributed by atoms with Crippen LogP contribution in [0, 0.1) is 5.92 Å². The molecule has 1 aromatic heterocycles. The van der Waals surface area contributed by atoms with Gasteiger partial charge in [0.1, 0.15) is 0 Å². The monoisotopic (exact) mass is 497 g/mol. The van der Waals surface area contributed by atoms with E-state index in [-0.39, 0.29) is 18.2 Å². The van der Waals surface area contributed by atoms with Crippen LogP contribution in [0.3, 0.4) is 0 Å². The second-order valence-electron chi connectivity index (χ2n) is 8.63. The number of nitrogens with zero attached hydrogens (tertiary/aromatic N) is 3. The summed E-state index contributed by atoms with van der Waals surface area (Å²) in [5.74, 6) is 0.0975. The summed E-state index contributed by atoms with van der Waals surface area (Å²) < 4.78 is 13.0. The second-order valence-corrected chi connectivity index (χ2v) is 11.2. The van der Waals surface area contributed by atoms with E-state index in [0.29, 0.717) is 26.7 Å². The molecule has 4 rings (SSSR count). The van der Waals surface area contributed by atoms with Crippen LogP contribution in [0.1, 0.15) is 59.5 Å². The summed E-state index contributed by atoms with van der Waals surface area (Å²) in [5, 5.41) is 17.5. The van der Waals surface area contributed by atoms with E-state index >= 15 is 0 Å². The highest BCUT2D eigenvalue weighted by Gasteiger charge is 2.25. The molecule has 1 aliphatic rings. The predicted octanol–water partition coefficient (Wildman–Crippen LogP) is 4.87. The Morgan fingerprint density at radius 2 is 1.71 bits per heavy atom. The van der Waals surface area contributed by atoms with E-state index < -0.39 is 16.8 Å². The van der Waals surface area contributed by atoms with Crippen molar-refractivity contribution in [2.24, 2.45) is 5.92 Å². The average Bonchev–Trinajstić information content (AvgIpc) is 3.35. The Morgan fingerprint density at radius 1 is 1.03 bits per heavy atom. The van der Waals surface area contributed by atoms with E-state index in [2.05, 4.69) is 10.2 Å². The Balaban J connectivity index is 1.36. The lowest BCUT2D eigenvalue weighted by Crippen LogP contribution is -2.26. The van der Waals surface area contributed by atoms with E-state index in [0.717, 1.165) is 42.6 Å². The second kappa shape index (κ2) is 11.0. The topological polar surface area (TPSA) is 100 Å². The number of hydrogen-bond donors (Lipinski definition) is 1. The van der Waals surface area contributed by atoms with E-state index in [1.807, 2.05) is 54.6 Å². The van der Waals surface area contributed by atoms with Gasteiger partial charge in [0.05, 0.1) is 16.6 Å². The van der Waals surface area contributed by atoms with Gasteiger partial charge in [0.15, 0.2) is 0 Å². The molecular formula is C25H27N3O4S2. The molecule has 1 heterocycles. The first-order valence-corrected chi connectivity index (χ1v) is 13.4. The molecule has 0 radical (unpaired) electrons. The summed E-state index contributed by atoms with van der Waals surface area (Å²) >= 11 is 1.16. The molecule has 0 saturated heterocycles. The lowest BCUT2D eigenvalue weighted by molar-refractivity contribution is -0.138. The van der Waals surface area contributed by atoms with Gasteiger partial charge in [-0.1, -0.05) is 53.8 Å². The molecule has 1 amide bonds. The number of aromatic nitrogens is 2. The van der Waals surface area contributed by atoms with Crippen LogP contribution in [0.2, 0.25) is 0 Å². The predicted molar refractivity (Wildman–Crippen MR) is 133 cm³/mol. The summed E-state index contributed by atoms with van der Waals surface area (Å²) in [6.07, 6.45) is 4.04. The first kappa shape index (κ1) is 24.2. The summed E-state index contributed by atoms with van der Waals surface area (Å²) in [4.78, 5) is 25.3. The lowest BCUT2D eigenvalue weighted by Gasteiger charge is -2.28. The summed E-state index contributed by atoms with van der Waals surface area (Å²) in [7, 11) is 0.318. The van der Waals surface area contributed by atoms with E-state index in [1.54, 1.807) is 7.05 Å². The lowest BCUT2D eigenvalue weighted by atomic mass is 9.77. The van der Waals surface area contributed by atoms with Gasteiger partial charge in [0.2, 0.25) is 9.47 Å². The molecule has 2 aromatic carbocycles. The zero-order valence-corrected chi connectivity index (χ0v) is 20.6. The molecule has 1 atom stereocenters. The molecule has 0 spiro atoms. The molecule has 1 fully saturated rings. The molecular weight excluding hydrogens is 470 g/mol. The van der Waals surface area contributed by atoms with Crippen LogP contribution in [0.4, 0.5) is 5.13 Å². The molecule has 1 saturated carbocycles. The molecule has 1 aliphatic carbocycles. The maximum Gasteiger partial charge on any atom is 0.303 e. The minimum atomic E-state index is -1.33. The van der Waals surface area contributed by atoms with Crippen molar-refractivity contribution in [3.63, 3.8) is 0 Å². The third-order valence-corrected chi connectivity index (χ3v) is 8.93. The highest BCUT2D eigenvalue weighted by atomic mass is 32.2. The van der Waals surface area contributed by atoms with E-state index in [9.17, 15) is 13.8 Å². The molecule has 1 unspecified atom stereocenters. The summed E-state index contributed by atoms with van der Waals surface area (Å²) in [6, 6.07) is 17.2. The zero-order chi connectivity index (χ0) is 24.1. The number of carbonyl (C=O) groups excluding carboxylic acids is 1. The molecule has 34 heavy (non-hydrogen) atoms. The summed E-state index contributed by atoms with van der Waals surface area (Å²) in [5.41, 5.74) is 2.69. The normalized spacial score (nSPS) is 18.9. The van der Waals surface area contributed by atoms with Crippen LogP contribution >= 0.6 is 11.3 Å². The number of carbonyl (C=O) groups is 2. The number of carboxylic acids is 1. The SMILES string of the molecule is CN(C(=O)c1ccc(C2CCC(CC(=O)O)CC2)cc1)c1nnc(S(=O)Cc2ccccc2)s1. The maximum absolute atomic E-state index is 13.0. The molecule has 0 aliphatic heterocycles. The van der Waals surface area contributed by atoms with Gasteiger partial charge in [-0.25, -0.2) is 0 Å². The van der Waals surface area contributed by atoms with Crippen LogP contribution in [-0.4, -0.2) is 38.4 Å². The van der Waals surface area contributed by atoms with Gasteiger partial charge in [0.25, 0.3) is 5.91 Å². The van der Waals surface area contributed by atoms with Gasteiger partial charge >= 0.3 is 5.97 Å². The molecule has 1 N–H and O–H groups in total. The maximum atomic E-state index is 13.0. The van der Waals surface area contributed by atoms with Crippen molar-refractivity contribution in [3.05, 3.63) is 71.3 Å². The van der Waals surface area contributed by atoms with Crippen molar-refractivity contribution in [1.82, 2.24) is 10.2 Å². The number of rotatable bonds is 8. The molecule has 7 nitrogen and oxygen atoms in total. The quantitative estimate of drug-likeness (QED) is 0.446. The Morgan fingerprint density at radius 3 is 2.35 bits per heavy atom. The molecule has 178 valence electrons. The minimum Gasteiger partial charge on any atom is -0.481 e. The average molecular weight is 498 g/mol. The van der Waals surface area contributed by atoms with Crippen LogP contribution in [0.15, 0.2) is 58.9 Å². The van der Waals surface area contributed by atoms with Crippen molar-refractivity contribution < 1.29 is 18.9 Å². The molecule has 3 aromatic rings. The highest BCUT2D eigenvalue weighted by molar-refractivity contribution is 7.86. The third kappa shape index (κ3) is 5.95.